The zero-order chi connectivity index (χ0) is 23.8. The molecule has 1 saturated heterocycles. The quantitative estimate of drug-likeness (QED) is 0.177. The van der Waals surface area contributed by atoms with Crippen LogP contribution in [-0.4, -0.2) is 65.3 Å². The first kappa shape index (κ1) is 26.2. The van der Waals surface area contributed by atoms with Crippen LogP contribution in [0.2, 0.25) is 0 Å². The number of alkyl halides is 1. The summed E-state index contributed by atoms with van der Waals surface area (Å²) in [6.45, 7) is -1.99. The van der Waals surface area contributed by atoms with Crippen molar-refractivity contribution < 1.29 is 60.6 Å². The minimum absolute atomic E-state index is 0.187. The maximum Gasteiger partial charge on any atom is 0.490 e. The van der Waals surface area contributed by atoms with Crippen LogP contribution < -0.4 is 17.2 Å². The van der Waals surface area contributed by atoms with E-state index in [2.05, 4.69) is 18.1 Å². The Morgan fingerprint density at radius 3 is 2.35 bits per heavy atom. The lowest BCUT2D eigenvalue weighted by Crippen LogP contribution is -2.51. The summed E-state index contributed by atoms with van der Waals surface area (Å²) in [6, 6.07) is 1.12. The summed E-state index contributed by atoms with van der Waals surface area (Å²) in [6.07, 6.45) is -5.28. The minimum atomic E-state index is -5.80. The SMILES string of the molecule is NC[C@]1(COP(=O)(O)OP(=O)(O)OP(=O)(O)O)OC(n2ccc(N)nc2=O)[C@H](F)[C@@H]1O. The molecule has 0 radical (unpaired) electrons. The molecule has 0 bridgehead atoms. The Balaban J connectivity index is 2.20. The first-order valence-corrected chi connectivity index (χ1v) is 12.4. The second kappa shape index (κ2) is 9.03. The Morgan fingerprint density at radius 2 is 1.84 bits per heavy atom. The number of aliphatic hydroxyl groups excluding tert-OH is 1. The zero-order valence-electron chi connectivity index (χ0n) is 15.1. The number of aliphatic hydroxyl groups is 1. The van der Waals surface area contributed by atoms with E-state index in [0.717, 1.165) is 12.3 Å². The molecule has 21 heteroatoms. The number of nitrogens with zero attached hydrogens (tertiary/aromatic N) is 2. The van der Waals surface area contributed by atoms with E-state index in [1.54, 1.807) is 0 Å². The summed E-state index contributed by atoms with van der Waals surface area (Å²) in [5.41, 5.74) is 7.47. The van der Waals surface area contributed by atoms with Gasteiger partial charge in [-0.1, -0.05) is 0 Å². The summed E-state index contributed by atoms with van der Waals surface area (Å²) >= 11 is 0. The molecule has 9 N–H and O–H groups in total. The average Bonchev–Trinajstić information content (AvgIpc) is 2.82. The molecule has 0 aromatic carbocycles. The third-order valence-electron chi connectivity index (χ3n) is 3.83. The van der Waals surface area contributed by atoms with E-state index in [0.29, 0.717) is 4.57 Å². The van der Waals surface area contributed by atoms with Gasteiger partial charge in [-0.2, -0.15) is 13.6 Å². The number of nitrogen functional groups attached to an aromatic ring is 1. The van der Waals surface area contributed by atoms with Crippen LogP contribution in [0.5, 0.6) is 0 Å². The van der Waals surface area contributed by atoms with Crippen LogP contribution in [-0.2, 0) is 31.6 Å². The van der Waals surface area contributed by atoms with Gasteiger partial charge in [-0.15, -0.1) is 0 Å². The number of ether oxygens (including phenoxy) is 1. The maximum absolute atomic E-state index is 14.6. The van der Waals surface area contributed by atoms with Crippen LogP contribution in [0.4, 0.5) is 10.2 Å². The van der Waals surface area contributed by atoms with Gasteiger partial charge in [-0.05, 0) is 6.07 Å². The number of rotatable bonds is 9. The fourth-order valence-electron chi connectivity index (χ4n) is 2.49. The molecular formula is C10H18FN4O13P3. The molecule has 1 aromatic rings. The van der Waals surface area contributed by atoms with Gasteiger partial charge in [0.1, 0.15) is 17.5 Å². The highest BCUT2D eigenvalue weighted by Gasteiger charge is 2.57. The number of halogens is 1. The lowest BCUT2D eigenvalue weighted by Gasteiger charge is -2.30. The first-order valence-electron chi connectivity index (χ1n) is 7.84. The van der Waals surface area contributed by atoms with Gasteiger partial charge in [-0.25, -0.2) is 22.9 Å². The molecule has 17 nitrogen and oxygen atoms in total. The van der Waals surface area contributed by atoms with Gasteiger partial charge in [0.15, 0.2) is 12.4 Å². The minimum Gasteiger partial charge on any atom is -0.387 e. The Morgan fingerprint density at radius 1 is 1.23 bits per heavy atom. The summed E-state index contributed by atoms with van der Waals surface area (Å²) in [4.78, 5) is 50.9. The number of nitrogens with two attached hydrogens (primary N) is 2. The molecule has 0 spiro atoms. The standard InChI is InChI=1S/C10H18FN4O13P3/c11-6-7(16)10(3-12,26-8(6)15-2-1-5(13)14-9(15)17)4-25-30(21,22)28-31(23,24)27-29(18,19)20/h1-2,6-8,16H,3-4,12H2,(H,21,22)(H,23,24)(H2,13,14,17)(H2,18,19,20)/t6-,7+,8?,10-/m1/s1. The Hall–Kier alpha value is -1.10. The van der Waals surface area contributed by atoms with Crippen molar-refractivity contribution in [3.63, 3.8) is 0 Å². The average molecular weight is 514 g/mol. The lowest BCUT2D eigenvalue weighted by molar-refractivity contribution is -0.120. The van der Waals surface area contributed by atoms with Crippen molar-refractivity contribution in [1.82, 2.24) is 9.55 Å². The Bertz CT molecular complexity index is 1020. The molecule has 0 aliphatic carbocycles. The monoisotopic (exact) mass is 514 g/mol. The molecule has 0 saturated carbocycles. The van der Waals surface area contributed by atoms with Crippen molar-refractivity contribution >= 4 is 29.3 Å². The first-order chi connectivity index (χ1) is 14.0. The van der Waals surface area contributed by atoms with Crippen LogP contribution in [0.25, 0.3) is 0 Å². The lowest BCUT2D eigenvalue weighted by atomic mass is 9.97. The second-order valence-corrected chi connectivity index (χ2v) is 10.5. The third kappa shape index (κ3) is 6.46. The molecule has 31 heavy (non-hydrogen) atoms. The summed E-state index contributed by atoms with van der Waals surface area (Å²) in [5, 5.41) is 10.2. The van der Waals surface area contributed by atoms with E-state index < -0.39 is 66.4 Å². The molecule has 2 heterocycles. The van der Waals surface area contributed by atoms with Crippen molar-refractivity contribution in [1.29, 1.82) is 0 Å². The van der Waals surface area contributed by atoms with Crippen LogP contribution in [0.15, 0.2) is 17.1 Å². The fraction of sp³-hybridized carbons (Fsp3) is 0.600. The van der Waals surface area contributed by atoms with Gasteiger partial charge < -0.3 is 40.9 Å². The molecule has 1 aliphatic heterocycles. The smallest absolute Gasteiger partial charge is 0.387 e. The van der Waals surface area contributed by atoms with Gasteiger partial charge in [0.25, 0.3) is 0 Å². The van der Waals surface area contributed by atoms with Gasteiger partial charge >= 0.3 is 29.2 Å². The van der Waals surface area contributed by atoms with E-state index in [-0.39, 0.29) is 5.82 Å². The third-order valence-corrected chi connectivity index (χ3v) is 7.61. The maximum atomic E-state index is 14.6. The van der Waals surface area contributed by atoms with E-state index in [1.807, 2.05) is 0 Å². The predicted octanol–water partition coefficient (Wildman–Crippen LogP) is -1.91. The van der Waals surface area contributed by atoms with E-state index in [9.17, 15) is 32.9 Å². The fourth-order valence-corrected chi connectivity index (χ4v) is 5.57. The number of phosphoric ester groups is 1. The number of hydrogen-bond acceptors (Lipinski definition) is 12. The molecular weight excluding hydrogens is 496 g/mol. The summed E-state index contributed by atoms with van der Waals surface area (Å²) in [5.74, 6) is -0.187. The molecule has 3 unspecified atom stereocenters. The topological polar surface area (TPSA) is 276 Å². The molecule has 0 amide bonds. The van der Waals surface area contributed by atoms with Crippen molar-refractivity contribution in [2.45, 2.75) is 24.1 Å². The number of hydrogen-bond donors (Lipinski definition) is 7. The van der Waals surface area contributed by atoms with Crippen LogP contribution in [0.3, 0.4) is 0 Å². The molecule has 178 valence electrons. The van der Waals surface area contributed by atoms with E-state index >= 15 is 0 Å². The number of phosphoric acid groups is 3. The molecule has 1 aliphatic rings. The highest BCUT2D eigenvalue weighted by atomic mass is 31.3. The van der Waals surface area contributed by atoms with Crippen molar-refractivity contribution in [3.05, 3.63) is 22.7 Å². The Labute approximate surface area is 171 Å². The van der Waals surface area contributed by atoms with Crippen molar-refractivity contribution in [2.75, 3.05) is 18.9 Å². The highest BCUT2D eigenvalue weighted by Crippen LogP contribution is 2.66. The largest absolute Gasteiger partial charge is 0.490 e. The van der Waals surface area contributed by atoms with E-state index in [4.69, 9.17) is 30.9 Å². The molecule has 2 rings (SSSR count). The molecule has 6 atom stereocenters. The zero-order valence-corrected chi connectivity index (χ0v) is 17.8. The normalized spacial score (nSPS) is 30.6. The van der Waals surface area contributed by atoms with E-state index in [1.165, 1.54) is 0 Å². The molecule has 1 aromatic heterocycles. The summed E-state index contributed by atoms with van der Waals surface area (Å²) in [7, 11) is -17.0. The number of aromatic nitrogens is 2. The van der Waals surface area contributed by atoms with Crippen LogP contribution >= 0.6 is 23.5 Å². The second-order valence-electron chi connectivity index (χ2n) is 6.07. The van der Waals surface area contributed by atoms with Gasteiger partial charge in [0.2, 0.25) is 0 Å². The molecule has 1 fully saturated rings. The van der Waals surface area contributed by atoms with Crippen molar-refractivity contribution in [3.8, 4) is 0 Å². The van der Waals surface area contributed by atoms with Crippen LogP contribution in [0.1, 0.15) is 6.23 Å². The summed E-state index contributed by atoms with van der Waals surface area (Å²) < 4.78 is 65.8. The predicted molar refractivity (Wildman–Crippen MR) is 95.5 cm³/mol. The Kier molecular flexibility index (Phi) is 7.62. The van der Waals surface area contributed by atoms with Gasteiger partial charge in [0, 0.05) is 12.7 Å². The van der Waals surface area contributed by atoms with Crippen LogP contribution in [0, 0.1) is 0 Å². The van der Waals surface area contributed by atoms with Gasteiger partial charge in [-0.3, -0.25) is 9.09 Å². The van der Waals surface area contributed by atoms with Gasteiger partial charge in [0.05, 0.1) is 6.61 Å². The number of anilines is 1. The highest BCUT2D eigenvalue weighted by molar-refractivity contribution is 7.66. The van der Waals surface area contributed by atoms with Crippen molar-refractivity contribution in [2.24, 2.45) is 5.73 Å².